The molecule has 0 aliphatic carbocycles. The highest BCUT2D eigenvalue weighted by Crippen LogP contribution is 2.07. The molecule has 2 rings (SSSR count). The van der Waals surface area contributed by atoms with Crippen molar-refractivity contribution in [1.82, 2.24) is 5.32 Å². The summed E-state index contributed by atoms with van der Waals surface area (Å²) in [4.78, 5) is 0. The normalized spacial score (nSPS) is 9.47. The Morgan fingerprint density at radius 2 is 1.58 bits per heavy atom. The molecule has 0 heterocycles. The fourth-order valence-electron chi connectivity index (χ4n) is 1.58. The average molecular weight is 251 g/mol. The zero-order chi connectivity index (χ0) is 13.2. The number of ether oxygens (including phenoxy) is 1. The van der Waals surface area contributed by atoms with E-state index in [1.807, 2.05) is 60.7 Å². The van der Waals surface area contributed by atoms with E-state index in [9.17, 15) is 0 Å². The van der Waals surface area contributed by atoms with E-state index in [1.165, 1.54) is 0 Å². The van der Waals surface area contributed by atoms with Crippen LogP contribution in [0.3, 0.4) is 0 Å². The highest BCUT2D eigenvalue weighted by Gasteiger charge is 1.90. The molecule has 2 nitrogen and oxygen atoms in total. The van der Waals surface area contributed by atoms with Gasteiger partial charge in [-0.15, -0.1) is 0 Å². The monoisotopic (exact) mass is 251 g/mol. The van der Waals surface area contributed by atoms with Crippen LogP contribution < -0.4 is 10.1 Å². The Kier molecular flexibility index (Phi) is 5.53. The number of hydrogen-bond acceptors (Lipinski definition) is 2. The first-order valence-corrected chi connectivity index (χ1v) is 6.37. The van der Waals surface area contributed by atoms with Gasteiger partial charge in [0.15, 0.2) is 0 Å². The third-order valence-corrected chi connectivity index (χ3v) is 2.51. The summed E-state index contributed by atoms with van der Waals surface area (Å²) < 4.78 is 5.56. The molecule has 0 bridgehead atoms. The molecule has 0 aliphatic heterocycles. The van der Waals surface area contributed by atoms with Crippen LogP contribution in [0.5, 0.6) is 5.75 Å². The van der Waals surface area contributed by atoms with Crippen molar-refractivity contribution in [3.05, 3.63) is 66.2 Å². The van der Waals surface area contributed by atoms with Crippen molar-refractivity contribution in [2.24, 2.45) is 0 Å². The number of hydrogen-bond donors (Lipinski definition) is 1. The smallest absolute Gasteiger partial charge is 0.119 e. The Labute approximate surface area is 114 Å². The number of nitrogens with one attached hydrogen (secondary N) is 1. The molecule has 19 heavy (non-hydrogen) atoms. The summed E-state index contributed by atoms with van der Waals surface area (Å²) in [5, 5.41) is 3.23. The van der Waals surface area contributed by atoms with Crippen molar-refractivity contribution in [3.8, 4) is 17.6 Å². The minimum atomic E-state index is 0.650. The summed E-state index contributed by atoms with van der Waals surface area (Å²) in [6.45, 7) is 2.11. The van der Waals surface area contributed by atoms with Crippen LogP contribution in [0.4, 0.5) is 0 Å². The van der Waals surface area contributed by atoms with Crippen molar-refractivity contribution in [1.29, 1.82) is 0 Å². The summed E-state index contributed by atoms with van der Waals surface area (Å²) >= 11 is 0. The standard InChI is InChI=1S/C17H17NO/c1-3-8-16(9-4-1)10-7-13-18-14-15-19-17-11-5-2-6-12-17/h1-6,8-9,11-12,18H,13-15H2. The molecule has 0 fully saturated rings. The summed E-state index contributed by atoms with van der Waals surface area (Å²) in [6, 6.07) is 19.8. The van der Waals surface area contributed by atoms with Crippen LogP contribution in [0, 0.1) is 11.8 Å². The van der Waals surface area contributed by atoms with Gasteiger partial charge in [0.2, 0.25) is 0 Å². The van der Waals surface area contributed by atoms with Gasteiger partial charge in [-0.3, -0.25) is 0 Å². The van der Waals surface area contributed by atoms with Crippen LogP contribution in [0.2, 0.25) is 0 Å². The molecular formula is C17H17NO. The molecule has 2 aromatic carbocycles. The number of para-hydroxylation sites is 1. The van der Waals surface area contributed by atoms with E-state index in [0.29, 0.717) is 13.2 Å². The van der Waals surface area contributed by atoms with Crippen molar-refractivity contribution in [3.63, 3.8) is 0 Å². The Balaban J connectivity index is 1.59. The van der Waals surface area contributed by atoms with Gasteiger partial charge in [-0.1, -0.05) is 48.2 Å². The van der Waals surface area contributed by atoms with Gasteiger partial charge in [-0.2, -0.15) is 0 Å². The predicted octanol–water partition coefficient (Wildman–Crippen LogP) is 2.71. The summed E-state index contributed by atoms with van der Waals surface area (Å²) in [5.41, 5.74) is 1.05. The van der Waals surface area contributed by atoms with Gasteiger partial charge in [-0.25, -0.2) is 0 Å². The number of benzene rings is 2. The van der Waals surface area contributed by atoms with E-state index in [-0.39, 0.29) is 0 Å². The minimum absolute atomic E-state index is 0.650. The Bertz CT molecular complexity index is 525. The second-order valence-corrected chi connectivity index (χ2v) is 4.01. The van der Waals surface area contributed by atoms with Crippen LogP contribution >= 0.6 is 0 Å². The Morgan fingerprint density at radius 3 is 2.32 bits per heavy atom. The maximum absolute atomic E-state index is 5.56. The van der Waals surface area contributed by atoms with Gasteiger partial charge in [0.05, 0.1) is 6.54 Å². The molecule has 2 heteroatoms. The third kappa shape index (κ3) is 5.29. The highest BCUT2D eigenvalue weighted by atomic mass is 16.5. The lowest BCUT2D eigenvalue weighted by atomic mass is 10.2. The molecule has 0 amide bonds. The molecule has 96 valence electrons. The molecule has 1 N–H and O–H groups in total. The molecule has 0 aromatic heterocycles. The summed E-state index contributed by atoms with van der Waals surface area (Å²) in [5.74, 6) is 7.09. The fraction of sp³-hybridized carbons (Fsp3) is 0.176. The van der Waals surface area contributed by atoms with E-state index in [1.54, 1.807) is 0 Å². The first-order valence-electron chi connectivity index (χ1n) is 6.37. The van der Waals surface area contributed by atoms with Gasteiger partial charge in [0, 0.05) is 12.1 Å². The van der Waals surface area contributed by atoms with Gasteiger partial charge in [0.1, 0.15) is 12.4 Å². The molecular weight excluding hydrogens is 234 g/mol. The molecule has 0 saturated carbocycles. The van der Waals surface area contributed by atoms with E-state index >= 15 is 0 Å². The van der Waals surface area contributed by atoms with E-state index in [2.05, 4.69) is 17.2 Å². The van der Waals surface area contributed by atoms with Crippen LogP contribution in [0.25, 0.3) is 0 Å². The first-order chi connectivity index (χ1) is 9.45. The number of rotatable bonds is 5. The second kappa shape index (κ2) is 7.97. The summed E-state index contributed by atoms with van der Waals surface area (Å²) in [6.07, 6.45) is 0. The van der Waals surface area contributed by atoms with E-state index in [0.717, 1.165) is 17.9 Å². The molecule has 0 unspecified atom stereocenters. The van der Waals surface area contributed by atoms with Crippen LogP contribution in [-0.2, 0) is 0 Å². The van der Waals surface area contributed by atoms with Gasteiger partial charge in [0.25, 0.3) is 0 Å². The molecule has 0 atom stereocenters. The largest absolute Gasteiger partial charge is 0.492 e. The summed E-state index contributed by atoms with van der Waals surface area (Å²) in [7, 11) is 0. The fourth-order valence-corrected chi connectivity index (χ4v) is 1.58. The van der Waals surface area contributed by atoms with Crippen molar-refractivity contribution < 1.29 is 4.74 Å². The van der Waals surface area contributed by atoms with E-state index < -0.39 is 0 Å². The first kappa shape index (κ1) is 13.2. The van der Waals surface area contributed by atoms with Gasteiger partial charge >= 0.3 is 0 Å². The lowest BCUT2D eigenvalue weighted by Crippen LogP contribution is -2.21. The molecule has 0 radical (unpaired) electrons. The van der Waals surface area contributed by atoms with E-state index in [4.69, 9.17) is 4.74 Å². The maximum Gasteiger partial charge on any atom is 0.119 e. The van der Waals surface area contributed by atoms with Crippen molar-refractivity contribution in [2.45, 2.75) is 0 Å². The van der Waals surface area contributed by atoms with Crippen molar-refractivity contribution >= 4 is 0 Å². The molecule has 0 spiro atoms. The van der Waals surface area contributed by atoms with Gasteiger partial charge in [-0.05, 0) is 24.3 Å². The topological polar surface area (TPSA) is 21.3 Å². The Morgan fingerprint density at radius 1 is 0.895 bits per heavy atom. The quantitative estimate of drug-likeness (QED) is 0.651. The van der Waals surface area contributed by atoms with Gasteiger partial charge < -0.3 is 10.1 Å². The van der Waals surface area contributed by atoms with Crippen molar-refractivity contribution in [2.75, 3.05) is 19.7 Å². The maximum atomic E-state index is 5.56. The molecule has 2 aromatic rings. The SMILES string of the molecule is C(#Cc1ccccc1)CNCCOc1ccccc1. The molecule has 0 aliphatic rings. The molecule has 0 saturated heterocycles. The minimum Gasteiger partial charge on any atom is -0.492 e. The lowest BCUT2D eigenvalue weighted by Gasteiger charge is -2.05. The average Bonchev–Trinajstić information content (AvgIpc) is 2.48. The lowest BCUT2D eigenvalue weighted by molar-refractivity contribution is 0.317. The van der Waals surface area contributed by atoms with Crippen LogP contribution in [0.15, 0.2) is 60.7 Å². The van der Waals surface area contributed by atoms with Crippen LogP contribution in [0.1, 0.15) is 5.56 Å². The second-order valence-electron chi connectivity index (χ2n) is 4.01. The highest BCUT2D eigenvalue weighted by molar-refractivity contribution is 5.33. The predicted molar refractivity (Wildman–Crippen MR) is 78.1 cm³/mol. The Hall–Kier alpha value is -2.24. The zero-order valence-electron chi connectivity index (χ0n) is 10.8. The van der Waals surface area contributed by atoms with Crippen LogP contribution in [-0.4, -0.2) is 19.7 Å². The third-order valence-electron chi connectivity index (χ3n) is 2.51. The zero-order valence-corrected chi connectivity index (χ0v) is 10.8.